The average molecular weight is 327 g/mol. The number of ether oxygens (including phenoxy) is 1. The molecule has 2 fully saturated rings. The summed E-state index contributed by atoms with van der Waals surface area (Å²) in [5.41, 5.74) is 1.29. The molecule has 4 nitrogen and oxygen atoms in total. The van der Waals surface area contributed by atoms with Gasteiger partial charge < -0.3 is 4.74 Å². The second-order valence-electron chi connectivity index (χ2n) is 7.40. The van der Waals surface area contributed by atoms with Crippen molar-refractivity contribution in [3.8, 4) is 6.07 Å². The van der Waals surface area contributed by atoms with Crippen LogP contribution < -0.4 is 0 Å². The maximum absolute atomic E-state index is 9.00. The fourth-order valence-electron chi connectivity index (χ4n) is 4.10. The van der Waals surface area contributed by atoms with Gasteiger partial charge in [-0.1, -0.05) is 6.92 Å². The van der Waals surface area contributed by atoms with E-state index in [0.29, 0.717) is 17.9 Å². The molecule has 4 heteroatoms. The highest BCUT2D eigenvalue weighted by Crippen LogP contribution is 2.36. The van der Waals surface area contributed by atoms with E-state index in [-0.39, 0.29) is 5.92 Å². The van der Waals surface area contributed by atoms with Crippen molar-refractivity contribution in [2.45, 2.75) is 82.7 Å². The molecule has 3 rings (SSSR count). The Labute approximate surface area is 145 Å². The highest BCUT2D eigenvalue weighted by molar-refractivity contribution is 5.14. The molecule has 130 valence electrons. The van der Waals surface area contributed by atoms with E-state index >= 15 is 0 Å². The molecule has 2 aliphatic rings. The second kappa shape index (κ2) is 8.58. The number of aromatic nitrogens is 2. The van der Waals surface area contributed by atoms with Crippen molar-refractivity contribution in [2.24, 2.45) is 5.92 Å². The van der Waals surface area contributed by atoms with Gasteiger partial charge in [-0.2, -0.15) is 5.26 Å². The van der Waals surface area contributed by atoms with Crippen LogP contribution in [-0.2, 0) is 4.74 Å². The van der Waals surface area contributed by atoms with Gasteiger partial charge in [0.1, 0.15) is 5.82 Å². The van der Waals surface area contributed by atoms with Crippen LogP contribution in [-0.4, -0.2) is 22.7 Å². The van der Waals surface area contributed by atoms with E-state index in [1.165, 1.54) is 18.4 Å². The van der Waals surface area contributed by atoms with Gasteiger partial charge in [-0.25, -0.2) is 9.97 Å². The molecule has 0 aromatic carbocycles. The van der Waals surface area contributed by atoms with E-state index in [1.54, 1.807) is 0 Å². The van der Waals surface area contributed by atoms with Crippen molar-refractivity contribution in [1.82, 2.24) is 9.97 Å². The van der Waals surface area contributed by atoms with Crippen molar-refractivity contribution in [3.63, 3.8) is 0 Å². The van der Waals surface area contributed by atoms with E-state index in [9.17, 15) is 0 Å². The molecule has 24 heavy (non-hydrogen) atoms. The zero-order valence-electron chi connectivity index (χ0n) is 14.8. The van der Waals surface area contributed by atoms with Crippen molar-refractivity contribution >= 4 is 0 Å². The third-order valence-electron chi connectivity index (χ3n) is 5.67. The van der Waals surface area contributed by atoms with Gasteiger partial charge in [-0.3, -0.25) is 0 Å². The maximum Gasteiger partial charge on any atom is 0.131 e. The summed E-state index contributed by atoms with van der Waals surface area (Å²) in [5.74, 6) is 2.26. The first-order valence-electron chi connectivity index (χ1n) is 9.63. The molecular weight excluding hydrogens is 298 g/mol. The lowest BCUT2D eigenvalue weighted by atomic mass is 9.82. The SMILES string of the molecule is CCCOC1CCC(c2cnc(C3CCC(C#N)CC3)nc2)CC1. The van der Waals surface area contributed by atoms with Crippen LogP contribution in [0.1, 0.15) is 87.9 Å². The Kier molecular flexibility index (Phi) is 6.20. The molecule has 0 radical (unpaired) electrons. The van der Waals surface area contributed by atoms with E-state index in [4.69, 9.17) is 10.00 Å². The fourth-order valence-corrected chi connectivity index (χ4v) is 4.10. The first kappa shape index (κ1) is 17.4. The molecule has 2 aliphatic carbocycles. The highest BCUT2D eigenvalue weighted by atomic mass is 16.5. The van der Waals surface area contributed by atoms with E-state index in [0.717, 1.165) is 57.4 Å². The van der Waals surface area contributed by atoms with Crippen LogP contribution >= 0.6 is 0 Å². The number of hydrogen-bond acceptors (Lipinski definition) is 4. The first-order chi connectivity index (χ1) is 11.8. The topological polar surface area (TPSA) is 58.8 Å². The Morgan fingerprint density at radius 1 is 1.00 bits per heavy atom. The molecule has 2 saturated carbocycles. The Hall–Kier alpha value is -1.47. The zero-order chi connectivity index (χ0) is 16.8. The van der Waals surface area contributed by atoms with Crippen LogP contribution in [0, 0.1) is 17.2 Å². The van der Waals surface area contributed by atoms with Crippen molar-refractivity contribution < 1.29 is 4.74 Å². The second-order valence-corrected chi connectivity index (χ2v) is 7.40. The summed E-state index contributed by atoms with van der Waals surface area (Å²) in [7, 11) is 0. The molecule has 0 amide bonds. The molecule has 0 aliphatic heterocycles. The van der Waals surface area contributed by atoms with Gasteiger partial charge in [0, 0.05) is 30.8 Å². The van der Waals surface area contributed by atoms with Crippen LogP contribution in [0.15, 0.2) is 12.4 Å². The van der Waals surface area contributed by atoms with Crippen LogP contribution in [0.4, 0.5) is 0 Å². The summed E-state index contributed by atoms with van der Waals surface area (Å²) in [6.45, 7) is 3.05. The van der Waals surface area contributed by atoms with Gasteiger partial charge >= 0.3 is 0 Å². The standard InChI is InChI=1S/C20H29N3O/c1-2-11-24-19-9-7-16(8-10-19)18-13-22-20(23-14-18)17-5-3-15(12-21)4-6-17/h13-17,19H,2-11H2,1H3. The van der Waals surface area contributed by atoms with Crippen LogP contribution in [0.3, 0.4) is 0 Å². The third kappa shape index (κ3) is 4.33. The summed E-state index contributed by atoms with van der Waals surface area (Å²) in [5, 5.41) is 9.00. The van der Waals surface area contributed by atoms with Crippen LogP contribution in [0.25, 0.3) is 0 Å². The Morgan fingerprint density at radius 2 is 1.62 bits per heavy atom. The quantitative estimate of drug-likeness (QED) is 0.784. The zero-order valence-corrected chi connectivity index (χ0v) is 14.8. The maximum atomic E-state index is 9.00. The molecule has 0 atom stereocenters. The number of nitrogens with zero attached hydrogens (tertiary/aromatic N) is 3. The minimum absolute atomic E-state index is 0.241. The molecule has 1 heterocycles. The minimum atomic E-state index is 0.241. The highest BCUT2D eigenvalue weighted by Gasteiger charge is 2.26. The first-order valence-corrected chi connectivity index (χ1v) is 9.63. The normalized spacial score (nSPS) is 30.7. The minimum Gasteiger partial charge on any atom is -0.378 e. The van der Waals surface area contributed by atoms with E-state index < -0.39 is 0 Å². The Bertz CT molecular complexity index is 535. The lowest BCUT2D eigenvalue weighted by molar-refractivity contribution is 0.0251. The van der Waals surface area contributed by atoms with Crippen LogP contribution in [0.5, 0.6) is 0 Å². The molecule has 0 saturated heterocycles. The smallest absolute Gasteiger partial charge is 0.131 e. The molecule has 0 spiro atoms. The number of rotatable bonds is 5. The number of hydrogen-bond donors (Lipinski definition) is 0. The molecule has 0 bridgehead atoms. The van der Waals surface area contributed by atoms with Crippen molar-refractivity contribution in [2.75, 3.05) is 6.61 Å². The Balaban J connectivity index is 1.51. The third-order valence-corrected chi connectivity index (χ3v) is 5.67. The predicted octanol–water partition coefficient (Wildman–Crippen LogP) is 4.73. The summed E-state index contributed by atoms with van der Waals surface area (Å²) < 4.78 is 5.88. The van der Waals surface area contributed by atoms with Gasteiger partial charge in [-0.15, -0.1) is 0 Å². The molecule has 0 unspecified atom stereocenters. The summed E-state index contributed by atoms with van der Waals surface area (Å²) >= 11 is 0. The van der Waals surface area contributed by atoms with Crippen molar-refractivity contribution in [3.05, 3.63) is 23.8 Å². The molecule has 1 aromatic rings. The van der Waals surface area contributed by atoms with Gasteiger partial charge in [0.25, 0.3) is 0 Å². The monoisotopic (exact) mass is 327 g/mol. The lowest BCUT2D eigenvalue weighted by Gasteiger charge is -2.29. The Morgan fingerprint density at radius 3 is 2.21 bits per heavy atom. The van der Waals surface area contributed by atoms with Gasteiger partial charge in [-0.05, 0) is 69.3 Å². The predicted molar refractivity (Wildman–Crippen MR) is 93.6 cm³/mol. The van der Waals surface area contributed by atoms with E-state index in [1.807, 2.05) is 0 Å². The summed E-state index contributed by atoms with van der Waals surface area (Å²) in [4.78, 5) is 9.34. The number of nitriles is 1. The van der Waals surface area contributed by atoms with Crippen molar-refractivity contribution in [1.29, 1.82) is 5.26 Å². The summed E-state index contributed by atoms with van der Waals surface area (Å²) in [6.07, 6.45) is 14.4. The molecular formula is C20H29N3O. The van der Waals surface area contributed by atoms with E-state index in [2.05, 4.69) is 35.4 Å². The average Bonchev–Trinajstić information content (AvgIpc) is 2.67. The van der Waals surface area contributed by atoms with Crippen LogP contribution in [0.2, 0.25) is 0 Å². The fraction of sp³-hybridized carbons (Fsp3) is 0.750. The van der Waals surface area contributed by atoms with Gasteiger partial charge in [0.05, 0.1) is 12.2 Å². The van der Waals surface area contributed by atoms with Gasteiger partial charge in [0.2, 0.25) is 0 Å². The van der Waals surface area contributed by atoms with Gasteiger partial charge in [0.15, 0.2) is 0 Å². The summed E-state index contributed by atoms with van der Waals surface area (Å²) in [6, 6.07) is 2.39. The molecule has 1 aromatic heterocycles. The largest absolute Gasteiger partial charge is 0.378 e. The lowest BCUT2D eigenvalue weighted by Crippen LogP contribution is -2.21. The molecule has 0 N–H and O–H groups in total.